The first-order valence-corrected chi connectivity index (χ1v) is 9.60. The van der Waals surface area contributed by atoms with E-state index in [-0.39, 0.29) is 17.9 Å². The number of benzene rings is 2. The number of methoxy groups -OCH3 is 1. The number of rotatable bonds is 6. The van der Waals surface area contributed by atoms with Crippen LogP contribution in [0.3, 0.4) is 0 Å². The summed E-state index contributed by atoms with van der Waals surface area (Å²) in [5.41, 5.74) is 2.21. The Balaban J connectivity index is 1.49. The minimum atomic E-state index is -0.338. The van der Waals surface area contributed by atoms with E-state index in [0.29, 0.717) is 33.8 Å². The summed E-state index contributed by atoms with van der Waals surface area (Å²) in [5, 5.41) is 3.10. The summed E-state index contributed by atoms with van der Waals surface area (Å²) >= 11 is 0. The van der Waals surface area contributed by atoms with Gasteiger partial charge < -0.3 is 19.2 Å². The number of carbonyl (C=O) groups is 1. The Morgan fingerprint density at radius 3 is 2.58 bits per heavy atom. The van der Waals surface area contributed by atoms with Gasteiger partial charge in [-0.05, 0) is 48.9 Å². The molecular formula is C24H20N2O5. The number of ether oxygens (including phenoxy) is 2. The van der Waals surface area contributed by atoms with E-state index in [1.165, 1.54) is 6.26 Å². The van der Waals surface area contributed by atoms with Crippen molar-refractivity contribution >= 4 is 22.7 Å². The number of fused-ring (bicyclic) bond motifs is 1. The first-order valence-electron chi connectivity index (χ1n) is 9.60. The van der Waals surface area contributed by atoms with Crippen LogP contribution in [0.4, 0.5) is 5.82 Å². The van der Waals surface area contributed by atoms with Gasteiger partial charge >= 0.3 is 0 Å². The van der Waals surface area contributed by atoms with Crippen LogP contribution in [-0.2, 0) is 4.79 Å². The number of nitrogens with one attached hydrogen (secondary N) is 1. The molecule has 0 unspecified atom stereocenters. The van der Waals surface area contributed by atoms with Crippen molar-refractivity contribution in [2.75, 3.05) is 19.0 Å². The topological polar surface area (TPSA) is 90.7 Å². The quantitative estimate of drug-likeness (QED) is 0.507. The lowest BCUT2D eigenvalue weighted by atomic mass is 10.1. The lowest BCUT2D eigenvalue weighted by Gasteiger charge is -2.08. The fourth-order valence-corrected chi connectivity index (χ4v) is 3.11. The summed E-state index contributed by atoms with van der Waals surface area (Å²) in [6.07, 6.45) is 1.42. The molecule has 0 aliphatic heterocycles. The minimum Gasteiger partial charge on any atom is -0.497 e. The fraction of sp³-hybridized carbons (Fsp3) is 0.125. The van der Waals surface area contributed by atoms with Gasteiger partial charge in [0, 0.05) is 11.8 Å². The molecule has 156 valence electrons. The minimum absolute atomic E-state index is 0.152. The zero-order valence-corrected chi connectivity index (χ0v) is 17.0. The predicted octanol–water partition coefficient (Wildman–Crippen LogP) is 4.19. The predicted molar refractivity (Wildman–Crippen MR) is 118 cm³/mol. The van der Waals surface area contributed by atoms with Crippen LogP contribution in [0.2, 0.25) is 0 Å². The van der Waals surface area contributed by atoms with Gasteiger partial charge in [0.2, 0.25) is 0 Å². The Morgan fingerprint density at radius 2 is 1.84 bits per heavy atom. The van der Waals surface area contributed by atoms with E-state index >= 15 is 0 Å². The molecule has 7 nitrogen and oxygen atoms in total. The number of pyridine rings is 1. The molecule has 4 aromatic rings. The first kappa shape index (κ1) is 20.2. The van der Waals surface area contributed by atoms with Gasteiger partial charge in [0.15, 0.2) is 12.0 Å². The first-order chi connectivity index (χ1) is 15.0. The standard InChI is InChI=1S/C24H20N2O5/c1-15-4-3-5-22(25-15)26-23(27)14-30-18-10-11-19-21(12-18)31-13-20(24(19)28)16-6-8-17(29-2)9-7-16/h3-13H,14H2,1-2H3,(H,25,26,27). The van der Waals surface area contributed by atoms with E-state index in [2.05, 4.69) is 10.3 Å². The molecule has 0 bridgehead atoms. The van der Waals surface area contributed by atoms with Gasteiger partial charge in [-0.3, -0.25) is 9.59 Å². The van der Waals surface area contributed by atoms with Crippen LogP contribution in [0, 0.1) is 6.92 Å². The average molecular weight is 416 g/mol. The molecule has 31 heavy (non-hydrogen) atoms. The molecule has 1 N–H and O–H groups in total. The van der Waals surface area contributed by atoms with E-state index in [0.717, 1.165) is 11.3 Å². The molecule has 0 atom stereocenters. The maximum atomic E-state index is 12.9. The van der Waals surface area contributed by atoms with Gasteiger partial charge in [-0.1, -0.05) is 18.2 Å². The van der Waals surface area contributed by atoms with Crippen molar-refractivity contribution in [1.82, 2.24) is 4.98 Å². The molecule has 0 spiro atoms. The second-order valence-corrected chi connectivity index (χ2v) is 6.87. The maximum Gasteiger partial charge on any atom is 0.263 e. The second kappa shape index (κ2) is 8.71. The SMILES string of the molecule is COc1ccc(-c2coc3cc(OCC(=O)Nc4cccc(C)n4)ccc3c2=O)cc1. The number of carbonyl (C=O) groups excluding carboxylic acids is 1. The van der Waals surface area contributed by atoms with Crippen LogP contribution in [0.25, 0.3) is 22.1 Å². The zero-order valence-electron chi connectivity index (χ0n) is 17.0. The van der Waals surface area contributed by atoms with Gasteiger partial charge in [0.1, 0.15) is 29.2 Å². The molecule has 0 aliphatic carbocycles. The molecule has 0 radical (unpaired) electrons. The van der Waals surface area contributed by atoms with E-state index in [1.54, 1.807) is 55.6 Å². The summed E-state index contributed by atoms with van der Waals surface area (Å²) in [4.78, 5) is 29.2. The highest BCUT2D eigenvalue weighted by molar-refractivity contribution is 5.91. The van der Waals surface area contributed by atoms with Crippen LogP contribution in [0.1, 0.15) is 5.69 Å². The number of aryl methyl sites for hydroxylation is 1. The smallest absolute Gasteiger partial charge is 0.263 e. The molecule has 7 heteroatoms. The number of aromatic nitrogens is 1. The number of hydrogen-bond acceptors (Lipinski definition) is 6. The van der Waals surface area contributed by atoms with Crippen molar-refractivity contribution in [3.8, 4) is 22.6 Å². The Kier molecular flexibility index (Phi) is 5.66. The van der Waals surface area contributed by atoms with Gasteiger partial charge in [-0.25, -0.2) is 4.98 Å². The summed E-state index contributed by atoms with van der Waals surface area (Å²) in [5.74, 6) is 1.25. The Labute approximate surface area is 178 Å². The summed E-state index contributed by atoms with van der Waals surface area (Å²) in [6, 6.07) is 17.4. The molecule has 0 saturated heterocycles. The van der Waals surface area contributed by atoms with Gasteiger partial charge in [-0.15, -0.1) is 0 Å². The number of amides is 1. The molecule has 0 saturated carbocycles. The summed E-state index contributed by atoms with van der Waals surface area (Å²) in [6.45, 7) is 1.64. The van der Waals surface area contributed by atoms with Crippen LogP contribution in [-0.4, -0.2) is 24.6 Å². The molecule has 4 rings (SSSR count). The molecule has 0 aliphatic rings. The maximum absolute atomic E-state index is 12.9. The van der Waals surface area contributed by atoms with Crippen molar-refractivity contribution in [2.45, 2.75) is 6.92 Å². The summed E-state index contributed by atoms with van der Waals surface area (Å²) < 4.78 is 16.4. The van der Waals surface area contributed by atoms with Crippen molar-refractivity contribution < 1.29 is 18.7 Å². The van der Waals surface area contributed by atoms with Crippen molar-refractivity contribution in [2.24, 2.45) is 0 Å². The van der Waals surface area contributed by atoms with Crippen molar-refractivity contribution in [3.63, 3.8) is 0 Å². The number of anilines is 1. The van der Waals surface area contributed by atoms with Crippen LogP contribution >= 0.6 is 0 Å². The second-order valence-electron chi connectivity index (χ2n) is 6.87. The molecule has 2 aromatic heterocycles. The molecule has 0 fully saturated rings. The molecule has 2 aromatic carbocycles. The third-order valence-electron chi connectivity index (χ3n) is 4.67. The van der Waals surface area contributed by atoms with E-state index in [4.69, 9.17) is 13.9 Å². The van der Waals surface area contributed by atoms with Gasteiger partial charge in [0.25, 0.3) is 5.91 Å². The Hall–Kier alpha value is -4.13. The summed E-state index contributed by atoms with van der Waals surface area (Å²) in [7, 11) is 1.59. The van der Waals surface area contributed by atoms with Crippen molar-refractivity contribution in [1.29, 1.82) is 0 Å². The van der Waals surface area contributed by atoms with E-state index < -0.39 is 0 Å². The van der Waals surface area contributed by atoms with E-state index in [1.807, 2.05) is 19.1 Å². The molecule has 1 amide bonds. The third-order valence-corrected chi connectivity index (χ3v) is 4.67. The van der Waals surface area contributed by atoms with Gasteiger partial charge in [-0.2, -0.15) is 0 Å². The van der Waals surface area contributed by atoms with E-state index in [9.17, 15) is 9.59 Å². The number of nitrogens with zero attached hydrogens (tertiary/aromatic N) is 1. The Morgan fingerprint density at radius 1 is 1.06 bits per heavy atom. The highest BCUT2D eigenvalue weighted by atomic mass is 16.5. The highest BCUT2D eigenvalue weighted by Gasteiger charge is 2.11. The van der Waals surface area contributed by atoms with Gasteiger partial charge in [0.05, 0.1) is 18.1 Å². The van der Waals surface area contributed by atoms with Crippen molar-refractivity contribution in [3.05, 3.63) is 82.8 Å². The highest BCUT2D eigenvalue weighted by Crippen LogP contribution is 2.24. The van der Waals surface area contributed by atoms with Crippen LogP contribution < -0.4 is 20.2 Å². The monoisotopic (exact) mass is 416 g/mol. The van der Waals surface area contributed by atoms with Crippen LogP contribution in [0.15, 0.2) is 76.1 Å². The molecule has 2 heterocycles. The lowest BCUT2D eigenvalue weighted by molar-refractivity contribution is -0.118. The normalized spacial score (nSPS) is 10.6. The molecular weight excluding hydrogens is 396 g/mol. The number of hydrogen-bond donors (Lipinski definition) is 1. The fourth-order valence-electron chi connectivity index (χ4n) is 3.11. The average Bonchev–Trinajstić information content (AvgIpc) is 2.78. The van der Waals surface area contributed by atoms with Crippen LogP contribution in [0.5, 0.6) is 11.5 Å². The largest absolute Gasteiger partial charge is 0.497 e. The lowest BCUT2D eigenvalue weighted by Crippen LogP contribution is -2.20. The zero-order chi connectivity index (χ0) is 21.8. The Bertz CT molecular complexity index is 1300. The third kappa shape index (κ3) is 4.56.